The molecule has 0 saturated heterocycles. The summed E-state index contributed by atoms with van der Waals surface area (Å²) in [7, 11) is 2.54. The molecular formula is C18H19NO4. The van der Waals surface area contributed by atoms with E-state index in [9.17, 15) is 9.90 Å². The number of benzene rings is 1. The number of esters is 1. The van der Waals surface area contributed by atoms with Gasteiger partial charge in [-0.3, -0.25) is 0 Å². The number of ether oxygens (including phenoxy) is 2. The van der Waals surface area contributed by atoms with E-state index in [4.69, 9.17) is 9.47 Å². The van der Waals surface area contributed by atoms with E-state index in [0.717, 1.165) is 5.56 Å². The van der Waals surface area contributed by atoms with Crippen molar-refractivity contribution in [2.75, 3.05) is 14.2 Å². The highest BCUT2D eigenvalue weighted by Crippen LogP contribution is 2.34. The highest BCUT2D eigenvalue weighted by atomic mass is 16.6. The number of nitrogens with zero attached hydrogens (tertiary/aromatic N) is 1. The largest absolute Gasteiger partial charge is 0.616 e. The lowest BCUT2D eigenvalue weighted by molar-refractivity contribution is -0.409. The van der Waals surface area contributed by atoms with E-state index in [1.54, 1.807) is 11.5 Å². The summed E-state index contributed by atoms with van der Waals surface area (Å²) in [5.41, 5.74) is 2.44. The van der Waals surface area contributed by atoms with Gasteiger partial charge in [-0.15, -0.1) is 0 Å². The molecule has 23 heavy (non-hydrogen) atoms. The van der Waals surface area contributed by atoms with Crippen LogP contribution in [-0.2, 0) is 20.7 Å². The fraction of sp³-hybridized carbons (Fsp3) is 0.222. The Morgan fingerprint density at radius 3 is 2.48 bits per heavy atom. The van der Waals surface area contributed by atoms with Crippen molar-refractivity contribution < 1.29 is 24.0 Å². The zero-order chi connectivity index (χ0) is 17.0. The lowest BCUT2D eigenvalue weighted by Crippen LogP contribution is -2.15. The Balaban J connectivity index is 2.47. The number of carbonyl (C=O) groups is 1. The summed E-state index contributed by atoms with van der Waals surface area (Å²) in [5.74, 6) is -1.19. The monoisotopic (exact) mass is 313 g/mol. The summed E-state index contributed by atoms with van der Waals surface area (Å²) in [4.78, 5) is 12.0. The lowest BCUT2D eigenvalue weighted by Gasteiger charge is -2.12. The Kier molecular flexibility index (Phi) is 5.01. The maximum atomic E-state index is 12.0. The Hall–Kier alpha value is -2.82. The molecule has 0 fully saturated rings. The second-order valence-corrected chi connectivity index (χ2v) is 5.01. The Labute approximate surface area is 135 Å². The molecule has 0 aromatic heterocycles. The van der Waals surface area contributed by atoms with Gasteiger partial charge in [-0.05, 0) is 19.3 Å². The minimum Gasteiger partial charge on any atom is -0.616 e. The third kappa shape index (κ3) is 3.18. The summed E-state index contributed by atoms with van der Waals surface area (Å²) in [5, 5.41) is 12.0. The van der Waals surface area contributed by atoms with Gasteiger partial charge in [0.25, 0.3) is 0 Å². The van der Waals surface area contributed by atoms with Crippen molar-refractivity contribution in [2.24, 2.45) is 0 Å². The van der Waals surface area contributed by atoms with Crippen molar-refractivity contribution >= 4 is 12.2 Å². The number of methoxy groups -OCH3 is 2. The van der Waals surface area contributed by atoms with E-state index < -0.39 is 11.9 Å². The lowest BCUT2D eigenvalue weighted by atomic mass is 10.1. The number of carbonyl (C=O) groups excluding carboxylic acids is 1. The van der Waals surface area contributed by atoms with Gasteiger partial charge in [-0.25, -0.2) is 4.79 Å². The van der Waals surface area contributed by atoms with Crippen LogP contribution in [-0.4, -0.2) is 31.0 Å². The molecule has 0 radical (unpaired) electrons. The maximum Gasteiger partial charge on any atom is 0.345 e. The Bertz CT molecular complexity index is 727. The SMILES string of the molecule is C=C1/C(=C(\[O-])OC)C(C(=O)OC)=C(C)[N+]1=CCc1ccccc1. The smallest absolute Gasteiger partial charge is 0.345 e. The van der Waals surface area contributed by atoms with Gasteiger partial charge in [-0.1, -0.05) is 30.3 Å². The maximum absolute atomic E-state index is 12.0. The van der Waals surface area contributed by atoms with Crippen molar-refractivity contribution in [3.05, 3.63) is 71.0 Å². The summed E-state index contributed by atoms with van der Waals surface area (Å²) in [6, 6.07) is 9.86. The van der Waals surface area contributed by atoms with E-state index in [1.807, 2.05) is 36.5 Å². The average molecular weight is 313 g/mol. The van der Waals surface area contributed by atoms with Gasteiger partial charge in [0.2, 0.25) is 5.70 Å². The van der Waals surface area contributed by atoms with Gasteiger partial charge >= 0.3 is 5.97 Å². The molecule has 0 atom stereocenters. The van der Waals surface area contributed by atoms with Crippen LogP contribution in [0.3, 0.4) is 0 Å². The van der Waals surface area contributed by atoms with Crippen molar-refractivity contribution in [3.8, 4) is 0 Å². The zero-order valence-electron chi connectivity index (χ0n) is 13.5. The first kappa shape index (κ1) is 16.5. The zero-order valence-corrected chi connectivity index (χ0v) is 13.5. The van der Waals surface area contributed by atoms with Crippen LogP contribution in [0.4, 0.5) is 0 Å². The van der Waals surface area contributed by atoms with E-state index in [0.29, 0.717) is 17.8 Å². The molecule has 0 aliphatic carbocycles. The molecule has 1 heterocycles. The normalized spacial score (nSPS) is 18.4. The number of rotatable bonds is 4. The number of allylic oxidation sites excluding steroid dienone is 2. The molecular weight excluding hydrogens is 294 g/mol. The predicted octanol–water partition coefficient (Wildman–Crippen LogP) is 1.50. The topological polar surface area (TPSA) is 61.6 Å². The highest BCUT2D eigenvalue weighted by Gasteiger charge is 2.39. The minimum absolute atomic E-state index is 0.140. The molecule has 0 amide bonds. The summed E-state index contributed by atoms with van der Waals surface area (Å²) >= 11 is 0. The van der Waals surface area contributed by atoms with E-state index >= 15 is 0 Å². The molecule has 5 heteroatoms. The summed E-state index contributed by atoms with van der Waals surface area (Å²) in [6.07, 6.45) is 2.52. The van der Waals surface area contributed by atoms with Gasteiger partial charge in [0.15, 0.2) is 11.9 Å². The second-order valence-electron chi connectivity index (χ2n) is 5.01. The standard InChI is InChI=1S/C18H19NO4/c1-12-15(17(20)22-3)16(18(21)23-4)13(2)19(12)11-10-14-8-6-5-7-9-14/h5-9,11H,1,10H2,2-4H3/b17-15-,19-11?. The van der Waals surface area contributed by atoms with Crippen LogP contribution in [0, 0.1) is 0 Å². The van der Waals surface area contributed by atoms with Crippen molar-refractivity contribution in [1.82, 2.24) is 0 Å². The van der Waals surface area contributed by atoms with Gasteiger partial charge in [0.05, 0.1) is 25.0 Å². The number of hydrogen-bond acceptors (Lipinski definition) is 4. The first-order valence-electron chi connectivity index (χ1n) is 7.11. The fourth-order valence-electron chi connectivity index (χ4n) is 2.50. The van der Waals surface area contributed by atoms with Crippen LogP contribution in [0.1, 0.15) is 12.5 Å². The Morgan fingerprint density at radius 1 is 1.26 bits per heavy atom. The van der Waals surface area contributed by atoms with Gasteiger partial charge in [0.1, 0.15) is 5.57 Å². The van der Waals surface area contributed by atoms with Gasteiger partial charge in [-0.2, -0.15) is 4.58 Å². The minimum atomic E-state index is -0.606. The third-order valence-corrected chi connectivity index (χ3v) is 3.68. The first-order chi connectivity index (χ1) is 11.0. The average Bonchev–Trinajstić information content (AvgIpc) is 2.83. The van der Waals surface area contributed by atoms with Crippen molar-refractivity contribution in [1.29, 1.82) is 0 Å². The van der Waals surface area contributed by atoms with Crippen LogP contribution in [0.2, 0.25) is 0 Å². The molecule has 1 aromatic rings. The molecule has 0 N–H and O–H groups in total. The molecule has 1 aromatic carbocycles. The summed E-state index contributed by atoms with van der Waals surface area (Å²) in [6.45, 7) is 5.67. The second kappa shape index (κ2) is 6.96. The molecule has 5 nitrogen and oxygen atoms in total. The molecule has 0 spiro atoms. The van der Waals surface area contributed by atoms with Crippen LogP contribution in [0.5, 0.6) is 0 Å². The molecule has 1 aliphatic rings. The molecule has 120 valence electrons. The number of hydrogen-bond donors (Lipinski definition) is 0. The Morgan fingerprint density at radius 2 is 1.91 bits per heavy atom. The van der Waals surface area contributed by atoms with E-state index in [1.165, 1.54) is 14.2 Å². The van der Waals surface area contributed by atoms with Crippen LogP contribution < -0.4 is 5.11 Å². The van der Waals surface area contributed by atoms with Gasteiger partial charge in [0, 0.05) is 6.92 Å². The van der Waals surface area contributed by atoms with Crippen LogP contribution >= 0.6 is 0 Å². The molecule has 1 aliphatic heterocycles. The van der Waals surface area contributed by atoms with Crippen molar-refractivity contribution in [3.63, 3.8) is 0 Å². The molecule has 0 bridgehead atoms. The third-order valence-electron chi connectivity index (χ3n) is 3.68. The van der Waals surface area contributed by atoms with E-state index in [2.05, 4.69) is 6.58 Å². The van der Waals surface area contributed by atoms with Crippen LogP contribution in [0.15, 0.2) is 65.4 Å². The van der Waals surface area contributed by atoms with Crippen molar-refractivity contribution in [2.45, 2.75) is 13.3 Å². The molecule has 0 unspecified atom stereocenters. The highest BCUT2D eigenvalue weighted by molar-refractivity contribution is 5.96. The quantitative estimate of drug-likeness (QED) is 0.480. The van der Waals surface area contributed by atoms with E-state index in [-0.39, 0.29) is 11.1 Å². The van der Waals surface area contributed by atoms with Crippen LogP contribution in [0.25, 0.3) is 0 Å². The van der Waals surface area contributed by atoms with Gasteiger partial charge < -0.3 is 14.6 Å². The predicted molar refractivity (Wildman–Crippen MR) is 84.4 cm³/mol. The molecule has 0 saturated carbocycles. The molecule has 2 rings (SSSR count). The fourth-order valence-corrected chi connectivity index (χ4v) is 2.50. The summed E-state index contributed by atoms with van der Waals surface area (Å²) < 4.78 is 11.3. The first-order valence-corrected chi connectivity index (χ1v) is 7.11.